The number of nitrogens with zero attached hydrogens (tertiary/aromatic N) is 4. The molecule has 0 radical (unpaired) electrons. The van der Waals surface area contributed by atoms with Crippen molar-refractivity contribution in [2.75, 3.05) is 7.11 Å². The zero-order chi connectivity index (χ0) is 12.5. The van der Waals surface area contributed by atoms with Gasteiger partial charge >= 0.3 is 0 Å². The van der Waals surface area contributed by atoms with E-state index in [1.165, 1.54) is 12.8 Å². The Hall–Kier alpha value is -1.43. The zero-order valence-corrected chi connectivity index (χ0v) is 11.6. The fourth-order valence-corrected chi connectivity index (χ4v) is 2.15. The highest BCUT2D eigenvalue weighted by molar-refractivity contribution is 9.10. The maximum atomic E-state index is 5.21. The third kappa shape index (κ3) is 2.38. The molecule has 1 aromatic heterocycles. The van der Waals surface area contributed by atoms with Crippen molar-refractivity contribution >= 4 is 15.9 Å². The number of ether oxygens (including phenoxy) is 1. The van der Waals surface area contributed by atoms with Crippen LogP contribution in [0.2, 0.25) is 0 Å². The molecule has 1 saturated carbocycles. The lowest BCUT2D eigenvalue weighted by atomic mass is 10.2. The van der Waals surface area contributed by atoms with Crippen LogP contribution >= 0.6 is 15.9 Å². The average Bonchev–Trinajstić information content (AvgIpc) is 3.13. The van der Waals surface area contributed by atoms with E-state index >= 15 is 0 Å². The molecule has 18 heavy (non-hydrogen) atoms. The molecule has 3 rings (SSSR count). The van der Waals surface area contributed by atoms with Gasteiger partial charge in [-0.3, -0.25) is 0 Å². The highest BCUT2D eigenvalue weighted by Crippen LogP contribution is 2.37. The molecule has 2 aromatic rings. The molecule has 1 aliphatic carbocycles. The van der Waals surface area contributed by atoms with Crippen LogP contribution in [0.3, 0.4) is 0 Å². The predicted octanol–water partition coefficient (Wildman–Crippen LogP) is 2.37. The zero-order valence-electron chi connectivity index (χ0n) is 10.0. The number of benzene rings is 1. The first-order chi connectivity index (χ1) is 8.76. The normalized spacial score (nSPS) is 14.8. The van der Waals surface area contributed by atoms with Crippen LogP contribution in [-0.4, -0.2) is 27.3 Å². The second-order valence-electron chi connectivity index (χ2n) is 4.41. The van der Waals surface area contributed by atoms with Crippen LogP contribution in [0.1, 0.15) is 30.1 Å². The average molecular weight is 309 g/mol. The number of tetrazole rings is 1. The van der Waals surface area contributed by atoms with Gasteiger partial charge in [-0.05, 0) is 41.8 Å². The van der Waals surface area contributed by atoms with E-state index in [1.54, 1.807) is 11.9 Å². The van der Waals surface area contributed by atoms with E-state index in [0.29, 0.717) is 12.5 Å². The quantitative estimate of drug-likeness (QED) is 0.870. The first-order valence-corrected chi connectivity index (χ1v) is 6.65. The van der Waals surface area contributed by atoms with Gasteiger partial charge in [0.05, 0.1) is 13.7 Å². The minimum atomic E-state index is 0.535. The van der Waals surface area contributed by atoms with E-state index in [0.717, 1.165) is 21.6 Å². The Morgan fingerprint density at radius 2 is 2.28 bits per heavy atom. The Kier molecular flexibility index (Phi) is 3.03. The maximum Gasteiger partial charge on any atom is 0.177 e. The fourth-order valence-electron chi connectivity index (χ4n) is 1.78. The van der Waals surface area contributed by atoms with Crippen molar-refractivity contribution in [3.8, 4) is 5.75 Å². The van der Waals surface area contributed by atoms with E-state index in [-0.39, 0.29) is 0 Å². The molecule has 5 nitrogen and oxygen atoms in total. The molecule has 1 heterocycles. The first kappa shape index (κ1) is 11.6. The Morgan fingerprint density at radius 3 is 3.00 bits per heavy atom. The lowest BCUT2D eigenvalue weighted by Gasteiger charge is -2.06. The smallest absolute Gasteiger partial charge is 0.177 e. The number of hydrogen-bond acceptors (Lipinski definition) is 4. The summed E-state index contributed by atoms with van der Waals surface area (Å²) in [7, 11) is 1.66. The van der Waals surface area contributed by atoms with Gasteiger partial charge in [-0.2, -0.15) is 4.80 Å². The van der Waals surface area contributed by atoms with Gasteiger partial charge in [-0.1, -0.05) is 15.9 Å². The number of methoxy groups -OCH3 is 1. The largest absolute Gasteiger partial charge is 0.497 e. The second-order valence-corrected chi connectivity index (χ2v) is 5.26. The number of hydrogen-bond donors (Lipinski definition) is 0. The topological polar surface area (TPSA) is 52.8 Å². The summed E-state index contributed by atoms with van der Waals surface area (Å²) in [4.78, 5) is 1.63. The van der Waals surface area contributed by atoms with Crippen molar-refractivity contribution in [3.05, 3.63) is 34.1 Å². The van der Waals surface area contributed by atoms with Gasteiger partial charge < -0.3 is 4.74 Å². The minimum Gasteiger partial charge on any atom is -0.497 e. The van der Waals surface area contributed by atoms with Gasteiger partial charge in [0, 0.05) is 10.4 Å². The molecule has 1 aliphatic rings. The van der Waals surface area contributed by atoms with Gasteiger partial charge in [0.25, 0.3) is 0 Å². The van der Waals surface area contributed by atoms with Crippen LogP contribution in [0.4, 0.5) is 0 Å². The predicted molar refractivity (Wildman–Crippen MR) is 69.6 cm³/mol. The Balaban J connectivity index is 1.81. The molecule has 0 atom stereocenters. The van der Waals surface area contributed by atoms with Gasteiger partial charge in [0.15, 0.2) is 5.82 Å². The highest BCUT2D eigenvalue weighted by atomic mass is 79.9. The van der Waals surface area contributed by atoms with Crippen LogP contribution in [0, 0.1) is 0 Å². The van der Waals surface area contributed by atoms with Gasteiger partial charge in [-0.15, -0.1) is 10.2 Å². The summed E-state index contributed by atoms with van der Waals surface area (Å²) in [5, 5.41) is 12.6. The summed E-state index contributed by atoms with van der Waals surface area (Å²) >= 11 is 3.52. The Morgan fingerprint density at radius 1 is 1.44 bits per heavy atom. The number of halogens is 1. The highest BCUT2D eigenvalue weighted by Gasteiger charge is 2.28. The molecule has 94 valence electrons. The summed E-state index contributed by atoms with van der Waals surface area (Å²) in [5.74, 6) is 2.23. The molecule has 0 spiro atoms. The van der Waals surface area contributed by atoms with E-state index in [4.69, 9.17) is 4.74 Å². The van der Waals surface area contributed by atoms with Gasteiger partial charge in [0.2, 0.25) is 0 Å². The molecule has 1 fully saturated rings. The molecular formula is C12H13BrN4O. The van der Waals surface area contributed by atoms with E-state index < -0.39 is 0 Å². The van der Waals surface area contributed by atoms with Crippen molar-refractivity contribution in [2.45, 2.75) is 25.3 Å². The van der Waals surface area contributed by atoms with Crippen LogP contribution in [0.5, 0.6) is 5.75 Å². The minimum absolute atomic E-state index is 0.535. The summed E-state index contributed by atoms with van der Waals surface area (Å²) in [6, 6.07) is 5.86. The first-order valence-electron chi connectivity index (χ1n) is 5.86. The Labute approximate surface area is 113 Å². The summed E-state index contributed by atoms with van der Waals surface area (Å²) < 4.78 is 6.24. The SMILES string of the molecule is COc1ccc(Br)c(Cn2nnc(C3CC3)n2)c1. The lowest BCUT2D eigenvalue weighted by molar-refractivity contribution is 0.413. The fraction of sp³-hybridized carbons (Fsp3) is 0.417. The van der Waals surface area contributed by atoms with Crippen molar-refractivity contribution in [2.24, 2.45) is 0 Å². The van der Waals surface area contributed by atoms with Crippen LogP contribution in [0.15, 0.2) is 22.7 Å². The molecule has 0 unspecified atom stereocenters. The number of rotatable bonds is 4. The number of aromatic nitrogens is 4. The van der Waals surface area contributed by atoms with Crippen LogP contribution < -0.4 is 4.74 Å². The van der Waals surface area contributed by atoms with E-state index in [1.807, 2.05) is 18.2 Å². The molecule has 1 aromatic carbocycles. The summed E-state index contributed by atoms with van der Waals surface area (Å²) in [5.41, 5.74) is 1.08. The van der Waals surface area contributed by atoms with Crippen molar-refractivity contribution < 1.29 is 4.74 Å². The van der Waals surface area contributed by atoms with Gasteiger partial charge in [0.1, 0.15) is 5.75 Å². The van der Waals surface area contributed by atoms with Crippen LogP contribution in [0.25, 0.3) is 0 Å². The maximum absolute atomic E-state index is 5.21. The van der Waals surface area contributed by atoms with E-state index in [9.17, 15) is 0 Å². The second kappa shape index (κ2) is 4.68. The molecular weight excluding hydrogens is 296 g/mol. The van der Waals surface area contributed by atoms with Crippen molar-refractivity contribution in [1.29, 1.82) is 0 Å². The molecule has 0 N–H and O–H groups in total. The molecule has 0 amide bonds. The van der Waals surface area contributed by atoms with E-state index in [2.05, 4.69) is 31.3 Å². The molecule has 0 bridgehead atoms. The van der Waals surface area contributed by atoms with Crippen molar-refractivity contribution in [1.82, 2.24) is 20.2 Å². The molecule has 6 heteroatoms. The summed E-state index contributed by atoms with van der Waals surface area (Å²) in [6.45, 7) is 0.595. The van der Waals surface area contributed by atoms with Crippen molar-refractivity contribution in [3.63, 3.8) is 0 Å². The third-order valence-electron chi connectivity index (χ3n) is 2.98. The van der Waals surface area contributed by atoms with Gasteiger partial charge in [-0.25, -0.2) is 0 Å². The summed E-state index contributed by atoms with van der Waals surface area (Å²) in [6.07, 6.45) is 2.38. The third-order valence-corrected chi connectivity index (χ3v) is 3.75. The monoisotopic (exact) mass is 308 g/mol. The standard InChI is InChI=1S/C12H13BrN4O/c1-18-10-4-5-11(13)9(6-10)7-17-15-12(14-16-17)8-2-3-8/h4-6,8H,2-3,7H2,1H3. The molecule has 0 saturated heterocycles. The Bertz CT molecular complexity index is 565. The van der Waals surface area contributed by atoms with Crippen LogP contribution in [-0.2, 0) is 6.54 Å². The molecule has 0 aliphatic heterocycles. The lowest BCUT2D eigenvalue weighted by Crippen LogP contribution is -2.05.